The zero-order valence-electron chi connectivity index (χ0n) is 12.5. The molecular weight excluding hydrogens is 313 g/mol. The van der Waals surface area contributed by atoms with Crippen LogP contribution in [0, 0.1) is 12.7 Å². The first kappa shape index (κ1) is 15.4. The Labute approximate surface area is 137 Å². The Kier molecular flexibility index (Phi) is 4.48. The molecule has 0 aliphatic heterocycles. The highest BCUT2D eigenvalue weighted by molar-refractivity contribution is 7.13. The molecule has 0 atom stereocenters. The number of aromatic nitrogens is 1. The zero-order valence-corrected chi connectivity index (χ0v) is 13.3. The topological polar surface area (TPSA) is 39.2 Å². The Morgan fingerprint density at radius 1 is 1.22 bits per heavy atom. The molecule has 0 fully saturated rings. The molecule has 2 aromatic carbocycles. The first-order chi connectivity index (χ1) is 11.1. The average Bonchev–Trinajstić information content (AvgIpc) is 3.03. The number of nitrogens with zero attached hydrogens (tertiary/aromatic N) is 1. The van der Waals surface area contributed by atoms with Crippen LogP contribution in [0.25, 0.3) is 10.6 Å². The summed E-state index contributed by atoms with van der Waals surface area (Å²) in [5.74, 6) is -0.765. The van der Waals surface area contributed by atoms with E-state index in [1.807, 2.05) is 31.2 Å². The Morgan fingerprint density at radius 2 is 2.00 bits per heavy atom. The van der Waals surface area contributed by atoms with E-state index < -0.39 is 5.97 Å². The predicted octanol–water partition coefficient (Wildman–Crippen LogP) is 4.61. The molecule has 0 N–H and O–H groups in total. The highest BCUT2D eigenvalue weighted by Crippen LogP contribution is 2.24. The number of hydrogen-bond donors (Lipinski definition) is 0. The van der Waals surface area contributed by atoms with E-state index in [-0.39, 0.29) is 18.1 Å². The van der Waals surface area contributed by atoms with E-state index in [0.717, 1.165) is 16.7 Å². The van der Waals surface area contributed by atoms with Gasteiger partial charge >= 0.3 is 5.97 Å². The lowest BCUT2D eigenvalue weighted by Crippen LogP contribution is -2.05. The highest BCUT2D eigenvalue weighted by atomic mass is 32.1. The Bertz CT molecular complexity index is 827. The number of carbonyl (C=O) groups excluding carboxylic acids is 1. The summed E-state index contributed by atoms with van der Waals surface area (Å²) in [6, 6.07) is 13.8. The molecule has 0 saturated carbocycles. The lowest BCUT2D eigenvalue weighted by atomic mass is 10.1. The Hall–Kier alpha value is -2.53. The first-order valence-corrected chi connectivity index (χ1v) is 7.94. The van der Waals surface area contributed by atoms with E-state index in [0.29, 0.717) is 5.01 Å². The van der Waals surface area contributed by atoms with Crippen molar-refractivity contribution in [1.29, 1.82) is 0 Å². The second-order valence-electron chi connectivity index (χ2n) is 5.11. The minimum absolute atomic E-state index is 0.212. The van der Waals surface area contributed by atoms with Gasteiger partial charge in [-0.05, 0) is 36.8 Å². The molecule has 0 radical (unpaired) electrons. The monoisotopic (exact) mass is 327 g/mol. The van der Waals surface area contributed by atoms with Gasteiger partial charge in [-0.15, -0.1) is 11.3 Å². The average molecular weight is 327 g/mol. The van der Waals surface area contributed by atoms with Gasteiger partial charge in [-0.3, -0.25) is 0 Å². The van der Waals surface area contributed by atoms with Crippen LogP contribution < -0.4 is 0 Å². The fraction of sp³-hybridized carbons (Fsp3) is 0.111. The van der Waals surface area contributed by atoms with E-state index in [1.54, 1.807) is 17.5 Å². The maximum atomic E-state index is 12.9. The number of benzene rings is 2. The Balaban J connectivity index is 1.67. The summed E-state index contributed by atoms with van der Waals surface area (Å²) in [5.41, 5.74) is 3.09. The van der Waals surface area contributed by atoms with Gasteiger partial charge in [0.15, 0.2) is 5.69 Å². The van der Waals surface area contributed by atoms with Gasteiger partial charge in [-0.25, -0.2) is 14.2 Å². The van der Waals surface area contributed by atoms with Crippen LogP contribution in [0.1, 0.15) is 21.6 Å². The van der Waals surface area contributed by atoms with Crippen molar-refractivity contribution in [2.75, 3.05) is 0 Å². The number of halogens is 1. The second-order valence-corrected chi connectivity index (χ2v) is 5.97. The maximum absolute atomic E-state index is 12.9. The van der Waals surface area contributed by atoms with Crippen molar-refractivity contribution in [2.45, 2.75) is 13.5 Å². The van der Waals surface area contributed by atoms with E-state index in [4.69, 9.17) is 4.74 Å². The van der Waals surface area contributed by atoms with Gasteiger partial charge in [0.25, 0.3) is 0 Å². The standard InChI is InChI=1S/C18H14FNO2S/c1-12-3-2-4-13(9-12)10-22-18(21)16-11-23-17(20-16)14-5-7-15(19)8-6-14/h2-9,11H,10H2,1H3. The van der Waals surface area contributed by atoms with E-state index in [9.17, 15) is 9.18 Å². The molecule has 0 bridgehead atoms. The Morgan fingerprint density at radius 3 is 2.74 bits per heavy atom. The van der Waals surface area contributed by atoms with Crippen LogP contribution in [0.5, 0.6) is 0 Å². The van der Waals surface area contributed by atoms with Crippen molar-refractivity contribution in [1.82, 2.24) is 4.98 Å². The predicted molar refractivity (Wildman–Crippen MR) is 87.8 cm³/mol. The number of ether oxygens (including phenoxy) is 1. The smallest absolute Gasteiger partial charge is 0.358 e. The second kappa shape index (κ2) is 6.71. The molecule has 0 spiro atoms. The van der Waals surface area contributed by atoms with E-state index in [2.05, 4.69) is 4.98 Å². The molecule has 0 amide bonds. The number of aryl methyl sites for hydroxylation is 1. The van der Waals surface area contributed by atoms with Gasteiger partial charge in [-0.1, -0.05) is 29.8 Å². The normalized spacial score (nSPS) is 10.5. The van der Waals surface area contributed by atoms with Crippen molar-refractivity contribution in [3.8, 4) is 10.6 Å². The van der Waals surface area contributed by atoms with Crippen molar-refractivity contribution in [2.24, 2.45) is 0 Å². The number of thiazole rings is 1. The summed E-state index contributed by atoms with van der Waals surface area (Å²) in [6.45, 7) is 2.20. The van der Waals surface area contributed by atoms with Crippen LogP contribution in [0.4, 0.5) is 4.39 Å². The van der Waals surface area contributed by atoms with E-state index in [1.165, 1.54) is 23.5 Å². The fourth-order valence-electron chi connectivity index (χ4n) is 2.12. The molecule has 0 saturated heterocycles. The van der Waals surface area contributed by atoms with Crippen molar-refractivity contribution in [3.63, 3.8) is 0 Å². The molecule has 3 aromatic rings. The van der Waals surface area contributed by atoms with Crippen molar-refractivity contribution >= 4 is 17.3 Å². The molecule has 23 heavy (non-hydrogen) atoms. The van der Waals surface area contributed by atoms with Gasteiger partial charge in [0, 0.05) is 10.9 Å². The number of esters is 1. The molecule has 0 aliphatic rings. The van der Waals surface area contributed by atoms with Crippen LogP contribution in [0.15, 0.2) is 53.9 Å². The third-order valence-corrected chi connectivity index (χ3v) is 4.15. The first-order valence-electron chi connectivity index (χ1n) is 7.06. The third-order valence-electron chi connectivity index (χ3n) is 3.26. The molecule has 1 aromatic heterocycles. The fourth-order valence-corrected chi connectivity index (χ4v) is 2.91. The largest absolute Gasteiger partial charge is 0.456 e. The molecule has 3 nitrogen and oxygen atoms in total. The van der Waals surface area contributed by atoms with Gasteiger partial charge < -0.3 is 4.74 Å². The zero-order chi connectivity index (χ0) is 16.2. The van der Waals surface area contributed by atoms with E-state index >= 15 is 0 Å². The summed E-state index contributed by atoms with van der Waals surface area (Å²) in [6.07, 6.45) is 0. The van der Waals surface area contributed by atoms with Gasteiger partial charge in [0.2, 0.25) is 0 Å². The summed E-state index contributed by atoms with van der Waals surface area (Å²) in [5, 5.41) is 2.31. The number of hydrogen-bond acceptors (Lipinski definition) is 4. The molecule has 3 rings (SSSR count). The molecule has 0 aliphatic carbocycles. The van der Waals surface area contributed by atoms with Gasteiger partial charge in [0.1, 0.15) is 17.4 Å². The van der Waals surface area contributed by atoms with Gasteiger partial charge in [0.05, 0.1) is 0 Å². The van der Waals surface area contributed by atoms with Crippen LogP contribution in [-0.2, 0) is 11.3 Å². The minimum Gasteiger partial charge on any atom is -0.456 e. The van der Waals surface area contributed by atoms with Crippen LogP contribution >= 0.6 is 11.3 Å². The molecular formula is C18H14FNO2S. The summed E-state index contributed by atoms with van der Waals surface area (Å²) < 4.78 is 18.2. The lowest BCUT2D eigenvalue weighted by molar-refractivity contribution is 0.0466. The van der Waals surface area contributed by atoms with Gasteiger partial charge in [-0.2, -0.15) is 0 Å². The maximum Gasteiger partial charge on any atom is 0.358 e. The molecule has 1 heterocycles. The number of rotatable bonds is 4. The third kappa shape index (κ3) is 3.81. The summed E-state index contributed by atoms with van der Waals surface area (Å²) in [4.78, 5) is 16.3. The molecule has 0 unspecified atom stereocenters. The minimum atomic E-state index is -0.462. The SMILES string of the molecule is Cc1cccc(COC(=O)c2csc(-c3ccc(F)cc3)n2)c1. The summed E-state index contributed by atoms with van der Waals surface area (Å²) >= 11 is 1.33. The van der Waals surface area contributed by atoms with Crippen LogP contribution in [0.3, 0.4) is 0 Å². The van der Waals surface area contributed by atoms with Crippen LogP contribution in [0.2, 0.25) is 0 Å². The molecule has 5 heteroatoms. The number of carbonyl (C=O) groups is 1. The lowest BCUT2D eigenvalue weighted by Gasteiger charge is -2.04. The summed E-state index contributed by atoms with van der Waals surface area (Å²) in [7, 11) is 0. The highest BCUT2D eigenvalue weighted by Gasteiger charge is 2.13. The quantitative estimate of drug-likeness (QED) is 0.657. The van der Waals surface area contributed by atoms with Crippen molar-refractivity contribution in [3.05, 3.63) is 76.5 Å². The molecule has 116 valence electrons. The van der Waals surface area contributed by atoms with Crippen LogP contribution in [-0.4, -0.2) is 11.0 Å². The van der Waals surface area contributed by atoms with Crippen molar-refractivity contribution < 1.29 is 13.9 Å².